The highest BCUT2D eigenvalue weighted by Gasteiger charge is 2.30. The number of hydrogen-bond acceptors (Lipinski definition) is 2. The predicted molar refractivity (Wildman–Crippen MR) is 66.5 cm³/mol. The monoisotopic (exact) mass is 216 g/mol. The molecule has 0 radical (unpaired) electrons. The van der Waals surface area contributed by atoms with E-state index >= 15 is 0 Å². The van der Waals surface area contributed by atoms with Crippen molar-refractivity contribution in [2.24, 2.45) is 0 Å². The molecule has 0 amide bonds. The van der Waals surface area contributed by atoms with Gasteiger partial charge in [-0.25, -0.2) is 4.98 Å². The molecule has 16 heavy (non-hydrogen) atoms. The van der Waals surface area contributed by atoms with Gasteiger partial charge in [-0.05, 0) is 49.1 Å². The second kappa shape index (κ2) is 4.08. The van der Waals surface area contributed by atoms with Crippen LogP contribution >= 0.6 is 0 Å². The molecule has 3 rings (SSSR count). The summed E-state index contributed by atoms with van der Waals surface area (Å²) in [7, 11) is 0. The SMILES string of the molecule is Nc1nccc(C2CC2)c1C1CCCCC1. The molecule has 0 aliphatic heterocycles. The summed E-state index contributed by atoms with van der Waals surface area (Å²) in [5, 5.41) is 0. The van der Waals surface area contributed by atoms with Crippen molar-refractivity contribution in [3.63, 3.8) is 0 Å². The molecule has 0 bridgehead atoms. The molecule has 2 heteroatoms. The fourth-order valence-corrected chi connectivity index (χ4v) is 3.09. The number of nitrogens with zero attached hydrogens (tertiary/aromatic N) is 1. The Kier molecular flexibility index (Phi) is 2.58. The van der Waals surface area contributed by atoms with Crippen LogP contribution in [0.3, 0.4) is 0 Å². The summed E-state index contributed by atoms with van der Waals surface area (Å²) in [5.74, 6) is 2.29. The molecule has 0 unspecified atom stereocenters. The van der Waals surface area contributed by atoms with Crippen LogP contribution in [0.2, 0.25) is 0 Å². The van der Waals surface area contributed by atoms with Gasteiger partial charge in [0, 0.05) is 11.8 Å². The van der Waals surface area contributed by atoms with Crippen molar-refractivity contribution in [1.82, 2.24) is 4.98 Å². The predicted octanol–water partition coefficient (Wildman–Crippen LogP) is 3.59. The van der Waals surface area contributed by atoms with Crippen molar-refractivity contribution in [3.8, 4) is 0 Å². The third kappa shape index (κ3) is 1.81. The van der Waals surface area contributed by atoms with Crippen molar-refractivity contribution >= 4 is 5.82 Å². The Morgan fingerprint density at radius 3 is 2.44 bits per heavy atom. The van der Waals surface area contributed by atoms with Crippen LogP contribution in [0, 0.1) is 0 Å². The van der Waals surface area contributed by atoms with Crippen LogP contribution in [0.25, 0.3) is 0 Å². The van der Waals surface area contributed by atoms with Crippen LogP contribution in [0.5, 0.6) is 0 Å². The molecular weight excluding hydrogens is 196 g/mol. The Labute approximate surface area is 97.3 Å². The van der Waals surface area contributed by atoms with Crippen molar-refractivity contribution < 1.29 is 0 Å². The first-order chi connectivity index (χ1) is 7.86. The molecule has 2 nitrogen and oxygen atoms in total. The molecule has 2 aliphatic carbocycles. The smallest absolute Gasteiger partial charge is 0.127 e. The number of pyridine rings is 1. The highest BCUT2D eigenvalue weighted by atomic mass is 14.8. The number of hydrogen-bond donors (Lipinski definition) is 1. The molecule has 0 spiro atoms. The first kappa shape index (κ1) is 10.1. The maximum Gasteiger partial charge on any atom is 0.127 e. The molecule has 2 N–H and O–H groups in total. The number of nitrogen functional groups attached to an aromatic ring is 1. The molecule has 0 saturated heterocycles. The zero-order chi connectivity index (χ0) is 11.0. The van der Waals surface area contributed by atoms with Gasteiger partial charge in [-0.1, -0.05) is 19.3 Å². The topological polar surface area (TPSA) is 38.9 Å². The van der Waals surface area contributed by atoms with E-state index in [0.717, 1.165) is 11.7 Å². The summed E-state index contributed by atoms with van der Waals surface area (Å²) in [6.45, 7) is 0. The summed E-state index contributed by atoms with van der Waals surface area (Å²) in [6, 6.07) is 2.21. The maximum absolute atomic E-state index is 6.11. The van der Waals surface area contributed by atoms with Crippen LogP contribution in [0.1, 0.15) is 67.9 Å². The van der Waals surface area contributed by atoms with Gasteiger partial charge in [-0.2, -0.15) is 0 Å². The molecule has 1 aromatic heterocycles. The van der Waals surface area contributed by atoms with Gasteiger partial charge in [-0.15, -0.1) is 0 Å². The largest absolute Gasteiger partial charge is 0.383 e. The third-order valence-electron chi connectivity index (χ3n) is 4.09. The van der Waals surface area contributed by atoms with Gasteiger partial charge in [-0.3, -0.25) is 0 Å². The van der Waals surface area contributed by atoms with E-state index in [1.807, 2.05) is 6.20 Å². The first-order valence-corrected chi connectivity index (χ1v) is 6.60. The van der Waals surface area contributed by atoms with E-state index in [1.54, 1.807) is 0 Å². The fraction of sp³-hybridized carbons (Fsp3) is 0.643. The lowest BCUT2D eigenvalue weighted by Gasteiger charge is -2.25. The zero-order valence-electron chi connectivity index (χ0n) is 9.78. The molecule has 2 saturated carbocycles. The third-order valence-corrected chi connectivity index (χ3v) is 4.09. The Hall–Kier alpha value is -1.05. The van der Waals surface area contributed by atoms with Crippen molar-refractivity contribution in [3.05, 3.63) is 23.4 Å². The lowest BCUT2D eigenvalue weighted by molar-refractivity contribution is 0.442. The van der Waals surface area contributed by atoms with E-state index in [9.17, 15) is 0 Å². The number of anilines is 1. The lowest BCUT2D eigenvalue weighted by Crippen LogP contribution is -2.11. The highest BCUT2D eigenvalue weighted by Crippen LogP contribution is 2.46. The van der Waals surface area contributed by atoms with Crippen molar-refractivity contribution in [1.29, 1.82) is 0 Å². The summed E-state index contributed by atoms with van der Waals surface area (Å²) in [4.78, 5) is 4.30. The quantitative estimate of drug-likeness (QED) is 0.820. The summed E-state index contributed by atoms with van der Waals surface area (Å²) in [5.41, 5.74) is 9.03. The first-order valence-electron chi connectivity index (χ1n) is 6.60. The molecule has 86 valence electrons. The molecule has 1 aromatic rings. The van der Waals surface area contributed by atoms with Crippen LogP contribution in [0.4, 0.5) is 5.82 Å². The molecule has 2 fully saturated rings. The Bertz CT molecular complexity index is 376. The number of rotatable bonds is 2. The minimum absolute atomic E-state index is 0.693. The summed E-state index contributed by atoms with van der Waals surface area (Å²) < 4.78 is 0. The van der Waals surface area contributed by atoms with Crippen LogP contribution in [0.15, 0.2) is 12.3 Å². The molecule has 2 aliphatic rings. The van der Waals surface area contributed by atoms with Gasteiger partial charge < -0.3 is 5.73 Å². The summed E-state index contributed by atoms with van der Waals surface area (Å²) >= 11 is 0. The molecular formula is C14H20N2. The normalized spacial score (nSPS) is 22.2. The summed E-state index contributed by atoms with van der Waals surface area (Å²) in [6.07, 6.45) is 11.3. The van der Waals surface area contributed by atoms with Crippen LogP contribution in [-0.4, -0.2) is 4.98 Å². The maximum atomic E-state index is 6.11. The van der Waals surface area contributed by atoms with Gasteiger partial charge in [0.2, 0.25) is 0 Å². The van der Waals surface area contributed by atoms with Gasteiger partial charge >= 0.3 is 0 Å². The molecule has 0 atom stereocenters. The molecule has 1 heterocycles. The Morgan fingerprint density at radius 1 is 1.00 bits per heavy atom. The standard InChI is InChI=1S/C14H20N2/c15-14-13(11-4-2-1-3-5-11)12(8-9-16-14)10-6-7-10/h8-11H,1-7H2,(H2,15,16). The van der Waals surface area contributed by atoms with Gasteiger partial charge in [0.25, 0.3) is 0 Å². The van der Waals surface area contributed by atoms with Gasteiger partial charge in [0.05, 0.1) is 0 Å². The minimum atomic E-state index is 0.693. The zero-order valence-corrected chi connectivity index (χ0v) is 9.78. The van der Waals surface area contributed by atoms with Crippen LogP contribution in [-0.2, 0) is 0 Å². The fourth-order valence-electron chi connectivity index (χ4n) is 3.09. The Morgan fingerprint density at radius 2 is 1.75 bits per heavy atom. The second-order valence-electron chi connectivity index (χ2n) is 5.31. The number of aromatic nitrogens is 1. The number of nitrogens with two attached hydrogens (primary N) is 1. The van der Waals surface area contributed by atoms with Crippen molar-refractivity contribution in [2.45, 2.75) is 56.8 Å². The van der Waals surface area contributed by atoms with E-state index < -0.39 is 0 Å². The van der Waals surface area contributed by atoms with E-state index in [2.05, 4.69) is 11.1 Å². The average Bonchev–Trinajstić information content (AvgIpc) is 3.14. The van der Waals surface area contributed by atoms with Crippen LogP contribution < -0.4 is 5.73 Å². The van der Waals surface area contributed by atoms with E-state index in [4.69, 9.17) is 5.73 Å². The van der Waals surface area contributed by atoms with Crippen molar-refractivity contribution in [2.75, 3.05) is 5.73 Å². The highest BCUT2D eigenvalue weighted by molar-refractivity contribution is 5.49. The molecule has 0 aromatic carbocycles. The second-order valence-corrected chi connectivity index (χ2v) is 5.31. The lowest BCUT2D eigenvalue weighted by atomic mass is 9.81. The van der Waals surface area contributed by atoms with E-state index in [0.29, 0.717) is 5.92 Å². The Balaban J connectivity index is 1.96. The van der Waals surface area contributed by atoms with Gasteiger partial charge in [0.15, 0.2) is 0 Å². The van der Waals surface area contributed by atoms with E-state index in [1.165, 1.54) is 56.1 Å². The van der Waals surface area contributed by atoms with E-state index in [-0.39, 0.29) is 0 Å². The minimum Gasteiger partial charge on any atom is -0.383 e. The van der Waals surface area contributed by atoms with Gasteiger partial charge in [0.1, 0.15) is 5.82 Å². The average molecular weight is 216 g/mol.